The van der Waals surface area contributed by atoms with Crippen LogP contribution in [0.3, 0.4) is 0 Å². The zero-order valence-corrected chi connectivity index (χ0v) is 18.8. The summed E-state index contributed by atoms with van der Waals surface area (Å²) in [6.45, 7) is 2.89. The van der Waals surface area contributed by atoms with Gasteiger partial charge in [-0.2, -0.15) is 0 Å². The van der Waals surface area contributed by atoms with E-state index in [9.17, 15) is 14.9 Å². The zero-order valence-electron chi connectivity index (χ0n) is 17.2. The van der Waals surface area contributed by atoms with Crippen LogP contribution in [0.2, 0.25) is 0 Å². The molecule has 1 aliphatic carbocycles. The summed E-state index contributed by atoms with van der Waals surface area (Å²) in [4.78, 5) is 24.3. The molecule has 1 aliphatic rings. The first-order chi connectivity index (χ1) is 15.1. The highest BCUT2D eigenvalue weighted by molar-refractivity contribution is 7.99. The average molecular weight is 458 g/mol. The van der Waals surface area contributed by atoms with Crippen molar-refractivity contribution in [3.8, 4) is 11.4 Å². The molecule has 2 aromatic heterocycles. The molecule has 4 rings (SSSR count). The lowest BCUT2D eigenvalue weighted by Gasteiger charge is -2.13. The molecule has 2 heterocycles. The van der Waals surface area contributed by atoms with Crippen LogP contribution in [0.25, 0.3) is 11.4 Å². The van der Waals surface area contributed by atoms with Crippen molar-refractivity contribution in [2.75, 3.05) is 11.1 Å². The van der Waals surface area contributed by atoms with Crippen molar-refractivity contribution in [3.05, 3.63) is 50.2 Å². The van der Waals surface area contributed by atoms with E-state index in [0.29, 0.717) is 10.8 Å². The molecule has 0 unspecified atom stereocenters. The van der Waals surface area contributed by atoms with E-state index in [1.807, 2.05) is 0 Å². The normalized spacial score (nSPS) is 13.1. The molecule has 0 saturated heterocycles. The maximum Gasteiger partial charge on any atom is 0.271 e. The van der Waals surface area contributed by atoms with Crippen molar-refractivity contribution in [3.63, 3.8) is 0 Å². The predicted octanol–water partition coefficient (Wildman–Crippen LogP) is 4.93. The molecule has 1 amide bonds. The van der Waals surface area contributed by atoms with E-state index in [0.717, 1.165) is 31.6 Å². The Labute approximate surface area is 188 Å². The van der Waals surface area contributed by atoms with E-state index >= 15 is 0 Å². The van der Waals surface area contributed by atoms with Gasteiger partial charge in [-0.3, -0.25) is 14.9 Å². The second-order valence-electron chi connectivity index (χ2n) is 7.36. The van der Waals surface area contributed by atoms with E-state index in [2.05, 4.69) is 32.4 Å². The highest BCUT2D eigenvalue weighted by Gasteiger charge is 2.22. The summed E-state index contributed by atoms with van der Waals surface area (Å²) in [5, 5.41) is 25.4. The van der Waals surface area contributed by atoms with Crippen LogP contribution in [-0.2, 0) is 24.2 Å². The van der Waals surface area contributed by atoms with Crippen LogP contribution in [0.4, 0.5) is 11.4 Å². The molecule has 3 aromatic rings. The molecule has 8 nitrogen and oxygen atoms in total. The summed E-state index contributed by atoms with van der Waals surface area (Å²) in [5.41, 5.74) is 2.92. The van der Waals surface area contributed by atoms with Gasteiger partial charge in [-0.1, -0.05) is 24.8 Å². The molecule has 0 aliphatic heterocycles. The van der Waals surface area contributed by atoms with Gasteiger partial charge in [-0.05, 0) is 43.7 Å². The van der Waals surface area contributed by atoms with Crippen LogP contribution in [0.15, 0.2) is 34.8 Å². The van der Waals surface area contributed by atoms with Gasteiger partial charge in [0.25, 0.3) is 5.69 Å². The lowest BCUT2D eigenvalue weighted by molar-refractivity contribution is -0.384. The van der Waals surface area contributed by atoms with Crippen molar-refractivity contribution < 1.29 is 9.72 Å². The fourth-order valence-electron chi connectivity index (χ4n) is 3.73. The van der Waals surface area contributed by atoms with Crippen molar-refractivity contribution in [1.29, 1.82) is 0 Å². The number of carbonyl (C=O) groups excluding carboxylic acids is 1. The number of nitrogens with zero attached hydrogens (tertiary/aromatic N) is 4. The third kappa shape index (κ3) is 4.80. The first kappa shape index (κ1) is 21.5. The van der Waals surface area contributed by atoms with Crippen LogP contribution in [-0.4, -0.2) is 31.3 Å². The third-order valence-electron chi connectivity index (χ3n) is 5.14. The lowest BCUT2D eigenvalue weighted by atomic mass is 9.95. The average Bonchev–Trinajstić information content (AvgIpc) is 3.36. The number of thioether (sulfide) groups is 1. The number of non-ortho nitro benzene ring substituents is 1. The first-order valence-electron chi connectivity index (χ1n) is 10.3. The summed E-state index contributed by atoms with van der Waals surface area (Å²) in [7, 11) is 0. The third-order valence-corrected chi connectivity index (χ3v) is 7.19. The van der Waals surface area contributed by atoms with Crippen LogP contribution >= 0.6 is 23.1 Å². The molecule has 0 saturated carbocycles. The number of carbonyl (C=O) groups is 1. The van der Waals surface area contributed by atoms with Gasteiger partial charge in [-0.25, -0.2) is 0 Å². The Bertz CT molecular complexity index is 1110. The van der Waals surface area contributed by atoms with Crippen LogP contribution in [0.1, 0.15) is 36.6 Å². The van der Waals surface area contributed by atoms with E-state index in [1.54, 1.807) is 23.5 Å². The molecule has 31 heavy (non-hydrogen) atoms. The molecule has 0 bridgehead atoms. The number of nitro benzene ring substituents is 1. The van der Waals surface area contributed by atoms with E-state index in [4.69, 9.17) is 0 Å². The topological polar surface area (TPSA) is 103 Å². The van der Waals surface area contributed by atoms with Gasteiger partial charge in [0, 0.05) is 40.2 Å². The lowest BCUT2D eigenvalue weighted by Crippen LogP contribution is -2.15. The minimum Gasteiger partial charge on any atom is -0.325 e. The van der Waals surface area contributed by atoms with Crippen LogP contribution in [0, 0.1) is 10.1 Å². The molecular weight excluding hydrogens is 434 g/mol. The van der Waals surface area contributed by atoms with E-state index < -0.39 is 4.92 Å². The van der Waals surface area contributed by atoms with Gasteiger partial charge in [0.1, 0.15) is 0 Å². The SMILES string of the molecule is CCCn1c(SCC(=O)Nc2cccc([N+](=O)[O-])c2)nnc1-c1csc2c1CCCC2. The van der Waals surface area contributed by atoms with Gasteiger partial charge in [0.05, 0.1) is 10.7 Å². The molecule has 1 N–H and O–H groups in total. The summed E-state index contributed by atoms with van der Waals surface area (Å²) < 4.78 is 2.10. The second kappa shape index (κ2) is 9.61. The quantitative estimate of drug-likeness (QED) is 0.292. The summed E-state index contributed by atoms with van der Waals surface area (Å²) >= 11 is 3.13. The van der Waals surface area contributed by atoms with Crippen molar-refractivity contribution in [1.82, 2.24) is 14.8 Å². The number of amides is 1. The Morgan fingerprint density at radius 2 is 2.16 bits per heavy atom. The molecule has 0 atom stereocenters. The number of aryl methyl sites for hydroxylation is 1. The Hall–Kier alpha value is -2.72. The molecule has 10 heteroatoms. The highest BCUT2D eigenvalue weighted by atomic mass is 32.2. The molecule has 0 fully saturated rings. The van der Waals surface area contributed by atoms with Gasteiger partial charge in [0.2, 0.25) is 5.91 Å². The van der Waals surface area contributed by atoms with Gasteiger partial charge in [-0.15, -0.1) is 21.5 Å². The minimum atomic E-state index is -0.484. The Balaban J connectivity index is 1.48. The highest BCUT2D eigenvalue weighted by Crippen LogP contribution is 2.37. The summed E-state index contributed by atoms with van der Waals surface area (Å²) in [6.07, 6.45) is 5.61. The van der Waals surface area contributed by atoms with Gasteiger partial charge < -0.3 is 9.88 Å². The standard InChI is InChI=1S/C21H23N5O3S2/c1-2-10-25-20(17-12-30-18-9-4-3-8-16(17)18)23-24-21(25)31-13-19(27)22-14-6-5-7-15(11-14)26(28)29/h5-7,11-12H,2-4,8-10,13H2,1H3,(H,22,27). The van der Waals surface area contributed by atoms with Crippen LogP contribution < -0.4 is 5.32 Å². The fraction of sp³-hybridized carbons (Fsp3) is 0.381. The van der Waals surface area contributed by atoms with Crippen molar-refractivity contribution >= 4 is 40.4 Å². The molecule has 0 spiro atoms. The molecule has 1 aromatic carbocycles. The van der Waals surface area contributed by atoms with Crippen LogP contribution in [0.5, 0.6) is 0 Å². The number of benzene rings is 1. The number of nitrogens with one attached hydrogen (secondary N) is 1. The second-order valence-corrected chi connectivity index (χ2v) is 9.27. The Morgan fingerprint density at radius 1 is 1.32 bits per heavy atom. The van der Waals surface area contributed by atoms with Gasteiger partial charge in [0.15, 0.2) is 11.0 Å². The monoisotopic (exact) mass is 457 g/mol. The number of aromatic nitrogens is 3. The van der Waals surface area contributed by atoms with E-state index in [1.165, 1.54) is 52.7 Å². The maximum atomic E-state index is 12.4. The van der Waals surface area contributed by atoms with E-state index in [-0.39, 0.29) is 17.3 Å². The van der Waals surface area contributed by atoms with Crippen molar-refractivity contribution in [2.45, 2.75) is 50.7 Å². The minimum absolute atomic E-state index is 0.0584. The van der Waals surface area contributed by atoms with Crippen molar-refractivity contribution in [2.24, 2.45) is 0 Å². The molecule has 162 valence electrons. The zero-order chi connectivity index (χ0) is 21.8. The Morgan fingerprint density at radius 3 is 2.97 bits per heavy atom. The number of hydrogen-bond donors (Lipinski definition) is 1. The largest absolute Gasteiger partial charge is 0.325 e. The van der Waals surface area contributed by atoms with Gasteiger partial charge >= 0.3 is 0 Å². The maximum absolute atomic E-state index is 12.4. The molecule has 0 radical (unpaired) electrons. The number of nitro groups is 1. The first-order valence-corrected chi connectivity index (χ1v) is 12.1. The molecular formula is C21H23N5O3S2. The number of rotatable bonds is 8. The number of hydrogen-bond acceptors (Lipinski definition) is 7. The number of thiophene rings is 1. The number of anilines is 1. The predicted molar refractivity (Wildman–Crippen MR) is 123 cm³/mol. The Kier molecular flexibility index (Phi) is 6.67. The fourth-order valence-corrected chi connectivity index (χ4v) is 5.61. The number of fused-ring (bicyclic) bond motifs is 1. The summed E-state index contributed by atoms with van der Waals surface area (Å²) in [6, 6.07) is 5.92. The summed E-state index contributed by atoms with van der Waals surface area (Å²) in [5.74, 6) is 0.778. The smallest absolute Gasteiger partial charge is 0.271 e.